The molecule has 116 valence electrons. The molecule has 0 aliphatic carbocycles. The summed E-state index contributed by atoms with van der Waals surface area (Å²) in [6.07, 6.45) is 1.09. The average molecular weight is 336 g/mol. The first-order chi connectivity index (χ1) is 10.5. The lowest BCUT2D eigenvalue weighted by Crippen LogP contribution is -2.13. The molecule has 0 fully saturated rings. The molecule has 0 spiro atoms. The van der Waals surface area contributed by atoms with Gasteiger partial charge in [-0.05, 0) is 36.1 Å². The lowest BCUT2D eigenvalue weighted by atomic mass is 10.2. The summed E-state index contributed by atoms with van der Waals surface area (Å²) in [4.78, 5) is 0.00306. The third-order valence-corrected chi connectivity index (χ3v) is 5.59. The standard InChI is InChI=1S/C17H17FO2S2/c1-14-7-9-16(10-8-14)22(19,20)17(18)11-12-21-13-15-5-3-2-4-6-15/h2-12,17H,13H2,1H3/b12-11-. The molecule has 0 amide bonds. The minimum absolute atomic E-state index is 0.00306. The zero-order chi connectivity index (χ0) is 16.0. The molecule has 0 aliphatic rings. The maximum absolute atomic E-state index is 14.0. The molecule has 2 rings (SSSR count). The molecule has 0 saturated heterocycles. The van der Waals surface area contributed by atoms with Crippen molar-refractivity contribution in [2.75, 3.05) is 0 Å². The molecule has 0 aliphatic heterocycles. The van der Waals surface area contributed by atoms with Crippen LogP contribution in [0.15, 0.2) is 71.0 Å². The van der Waals surface area contributed by atoms with E-state index in [1.807, 2.05) is 37.3 Å². The normalized spacial score (nSPS) is 13.4. The van der Waals surface area contributed by atoms with E-state index in [9.17, 15) is 12.8 Å². The van der Waals surface area contributed by atoms with Gasteiger partial charge in [0.05, 0.1) is 4.90 Å². The Balaban J connectivity index is 1.97. The van der Waals surface area contributed by atoms with Crippen LogP contribution in [0, 0.1) is 6.92 Å². The highest BCUT2D eigenvalue weighted by molar-refractivity contribution is 8.01. The van der Waals surface area contributed by atoms with Crippen LogP contribution in [0.25, 0.3) is 0 Å². The summed E-state index contributed by atoms with van der Waals surface area (Å²) in [6, 6.07) is 15.9. The molecule has 2 aromatic rings. The molecule has 1 unspecified atom stereocenters. The predicted octanol–water partition coefficient (Wildman–Crippen LogP) is 4.51. The Morgan fingerprint density at radius 1 is 1.09 bits per heavy atom. The zero-order valence-corrected chi connectivity index (χ0v) is 13.8. The Kier molecular flexibility index (Phi) is 5.80. The summed E-state index contributed by atoms with van der Waals surface area (Å²) in [6.45, 7) is 1.85. The Morgan fingerprint density at radius 2 is 1.73 bits per heavy atom. The highest BCUT2D eigenvalue weighted by atomic mass is 32.2. The molecule has 0 radical (unpaired) electrons. The van der Waals surface area contributed by atoms with E-state index in [2.05, 4.69) is 0 Å². The summed E-state index contributed by atoms with van der Waals surface area (Å²) in [5, 5.41) is 1.50. The van der Waals surface area contributed by atoms with Crippen LogP contribution in [-0.2, 0) is 15.6 Å². The van der Waals surface area contributed by atoms with Crippen molar-refractivity contribution in [1.29, 1.82) is 0 Å². The largest absolute Gasteiger partial charge is 0.225 e. The molecule has 0 aromatic heterocycles. The van der Waals surface area contributed by atoms with Gasteiger partial charge < -0.3 is 0 Å². The van der Waals surface area contributed by atoms with Crippen molar-refractivity contribution in [3.8, 4) is 0 Å². The van der Waals surface area contributed by atoms with Crippen LogP contribution < -0.4 is 0 Å². The van der Waals surface area contributed by atoms with E-state index in [4.69, 9.17) is 0 Å². The molecular formula is C17H17FO2S2. The van der Waals surface area contributed by atoms with Gasteiger partial charge in [0.2, 0.25) is 15.3 Å². The average Bonchev–Trinajstić information content (AvgIpc) is 2.52. The van der Waals surface area contributed by atoms with Gasteiger partial charge in [-0.2, -0.15) is 0 Å². The monoisotopic (exact) mass is 336 g/mol. The second-order valence-corrected chi connectivity index (χ2v) is 7.74. The molecule has 2 nitrogen and oxygen atoms in total. The van der Waals surface area contributed by atoms with Crippen LogP contribution in [0.4, 0.5) is 4.39 Å². The quantitative estimate of drug-likeness (QED) is 0.778. The van der Waals surface area contributed by atoms with Gasteiger partial charge in [-0.1, -0.05) is 48.0 Å². The molecule has 0 saturated carbocycles. The number of hydrogen-bond acceptors (Lipinski definition) is 3. The van der Waals surface area contributed by atoms with Gasteiger partial charge in [0.25, 0.3) is 0 Å². The highest BCUT2D eigenvalue weighted by Gasteiger charge is 2.24. The van der Waals surface area contributed by atoms with Gasteiger partial charge in [0.1, 0.15) is 0 Å². The number of rotatable bonds is 6. The molecule has 22 heavy (non-hydrogen) atoms. The van der Waals surface area contributed by atoms with Crippen LogP contribution in [-0.4, -0.2) is 13.9 Å². The second-order valence-electron chi connectivity index (χ2n) is 4.83. The lowest BCUT2D eigenvalue weighted by Gasteiger charge is -2.06. The first kappa shape index (κ1) is 16.8. The van der Waals surface area contributed by atoms with Gasteiger partial charge in [-0.25, -0.2) is 12.8 Å². The number of alkyl halides is 1. The number of benzene rings is 2. The number of aryl methyl sites for hydroxylation is 1. The van der Waals surface area contributed by atoms with Crippen LogP contribution in [0.5, 0.6) is 0 Å². The third-order valence-electron chi connectivity index (χ3n) is 3.06. The summed E-state index contributed by atoms with van der Waals surface area (Å²) in [5.74, 6) is 0.675. The maximum Gasteiger partial charge on any atom is 0.224 e. The van der Waals surface area contributed by atoms with Crippen molar-refractivity contribution in [3.63, 3.8) is 0 Å². The number of thioether (sulfide) groups is 1. The van der Waals surface area contributed by atoms with E-state index < -0.39 is 15.3 Å². The SMILES string of the molecule is Cc1ccc(S(=O)(=O)C(F)/C=C\SCc2ccccc2)cc1. The topological polar surface area (TPSA) is 34.1 Å². The fourth-order valence-corrected chi connectivity index (χ4v) is 3.69. The van der Waals surface area contributed by atoms with Crippen LogP contribution in [0.1, 0.15) is 11.1 Å². The van der Waals surface area contributed by atoms with E-state index >= 15 is 0 Å². The number of halogens is 1. The van der Waals surface area contributed by atoms with E-state index in [0.29, 0.717) is 5.75 Å². The van der Waals surface area contributed by atoms with Crippen molar-refractivity contribution in [2.45, 2.75) is 23.1 Å². The summed E-state index contributed by atoms with van der Waals surface area (Å²) in [7, 11) is -3.97. The lowest BCUT2D eigenvalue weighted by molar-refractivity contribution is 0.474. The van der Waals surface area contributed by atoms with E-state index in [0.717, 1.165) is 17.2 Å². The molecule has 5 heteroatoms. The summed E-state index contributed by atoms with van der Waals surface area (Å²) < 4.78 is 38.1. The van der Waals surface area contributed by atoms with Crippen LogP contribution in [0.3, 0.4) is 0 Å². The molecule has 0 heterocycles. The molecule has 1 atom stereocenters. The first-order valence-electron chi connectivity index (χ1n) is 6.77. The van der Waals surface area contributed by atoms with Gasteiger partial charge in [-0.15, -0.1) is 11.8 Å². The van der Waals surface area contributed by atoms with Gasteiger partial charge in [0.15, 0.2) is 0 Å². The van der Waals surface area contributed by atoms with Gasteiger partial charge in [-0.3, -0.25) is 0 Å². The minimum Gasteiger partial charge on any atom is -0.225 e. The summed E-state index contributed by atoms with van der Waals surface area (Å²) >= 11 is 1.36. The number of sulfone groups is 1. The first-order valence-corrected chi connectivity index (χ1v) is 9.36. The predicted molar refractivity (Wildman–Crippen MR) is 90.1 cm³/mol. The van der Waals surface area contributed by atoms with Crippen molar-refractivity contribution in [3.05, 3.63) is 77.2 Å². The van der Waals surface area contributed by atoms with Crippen molar-refractivity contribution < 1.29 is 12.8 Å². The minimum atomic E-state index is -3.97. The molecule has 0 N–H and O–H groups in total. The molecule has 0 bridgehead atoms. The fourth-order valence-electron chi connectivity index (χ4n) is 1.80. The summed E-state index contributed by atoms with van der Waals surface area (Å²) in [5.41, 5.74) is 0.00995. The highest BCUT2D eigenvalue weighted by Crippen LogP contribution is 2.20. The van der Waals surface area contributed by atoms with Crippen LogP contribution >= 0.6 is 11.8 Å². The molecular weight excluding hydrogens is 319 g/mol. The smallest absolute Gasteiger partial charge is 0.224 e. The van der Waals surface area contributed by atoms with Crippen molar-refractivity contribution in [2.24, 2.45) is 0 Å². The Hall–Kier alpha value is -1.59. The third kappa shape index (κ3) is 4.45. The van der Waals surface area contributed by atoms with Crippen molar-refractivity contribution >= 4 is 21.6 Å². The van der Waals surface area contributed by atoms with Gasteiger partial charge >= 0.3 is 0 Å². The van der Waals surface area contributed by atoms with E-state index in [1.54, 1.807) is 12.1 Å². The van der Waals surface area contributed by atoms with Crippen molar-refractivity contribution in [1.82, 2.24) is 0 Å². The van der Waals surface area contributed by atoms with E-state index in [1.165, 1.54) is 29.3 Å². The van der Waals surface area contributed by atoms with E-state index in [-0.39, 0.29) is 4.90 Å². The van der Waals surface area contributed by atoms with Gasteiger partial charge in [0, 0.05) is 5.75 Å². The van der Waals surface area contributed by atoms with Crippen LogP contribution in [0.2, 0.25) is 0 Å². The number of hydrogen-bond donors (Lipinski definition) is 0. The molecule has 2 aromatic carbocycles. The second kappa shape index (κ2) is 7.61. The zero-order valence-electron chi connectivity index (χ0n) is 12.1. The fraction of sp³-hybridized carbons (Fsp3) is 0.176. The maximum atomic E-state index is 14.0. The Morgan fingerprint density at radius 3 is 2.36 bits per heavy atom. The Labute approximate surface area is 135 Å². The Bertz CT molecular complexity index is 723.